The molecule has 0 unspecified atom stereocenters. The van der Waals surface area contributed by atoms with E-state index in [-0.39, 0.29) is 0 Å². The molecule has 0 atom stereocenters. The topological polar surface area (TPSA) is 107 Å². The van der Waals surface area contributed by atoms with Crippen molar-refractivity contribution in [1.29, 1.82) is 0 Å². The average Bonchev–Trinajstić information content (AvgIpc) is 1.66. The number of aromatic nitrogens is 5. The first-order chi connectivity index (χ1) is 58.0. The Labute approximate surface area is 695 Å². The predicted octanol–water partition coefficient (Wildman–Crippen LogP) is 26.2. The summed E-state index contributed by atoms with van der Waals surface area (Å²) in [5.74, 6) is 0. The van der Waals surface area contributed by atoms with Gasteiger partial charge in [0.2, 0.25) is 34.2 Å². The molecule has 0 aliphatic heterocycles. The molecule has 0 aliphatic carbocycles. The number of rotatable bonds is 5. The molecule has 0 aliphatic rings. The third-order valence-corrected chi connectivity index (χ3v) is 22.9. The van der Waals surface area contributed by atoms with Gasteiger partial charge in [-0.1, -0.05) is 72.8 Å². The molecule has 15 nitrogen and oxygen atoms in total. The van der Waals surface area contributed by atoms with Gasteiger partial charge in [-0.25, -0.2) is 47.1 Å². The molecular weight excluding hydrogens is 1480 g/mol. The van der Waals surface area contributed by atoms with Crippen LogP contribution < -0.4 is 22.8 Å². The van der Waals surface area contributed by atoms with Gasteiger partial charge >= 0.3 is 0 Å². The molecule has 0 spiro atoms. The number of aryl methyl sites for hydroxylation is 15. The SMILES string of the molecule is [C-]#[N+]c1ccc2c(c1)oc1c(C)cc(C)c(-c3cccc[n+]3C)c12.[C-]#[N+]c1ccc2oc3c(C)cc(C)c(-c4cccc[n+]4C)c3c2c1.[C-]#[N+]c1ccc2oc3cc(C)c(-c4cccc[n+]4C)c(C)c3c2c1.[C-]#[N+]c1cccc2c1oc1c(C)cc(C)c(-c3cccc[n+]3C)c12.[C-]#[N+]c1cccc2oc3cc(C)c(-c4cccc[n+]4C)c(C)c3c12. The summed E-state index contributed by atoms with van der Waals surface area (Å²) in [6.07, 6.45) is 10.3. The van der Waals surface area contributed by atoms with Crippen LogP contribution in [0, 0.1) is 102 Å². The van der Waals surface area contributed by atoms with Crippen molar-refractivity contribution in [2.24, 2.45) is 35.2 Å². The number of nitrogens with zero attached hydrogens (tertiary/aromatic N) is 10. The lowest BCUT2D eigenvalue weighted by Crippen LogP contribution is -2.30. The van der Waals surface area contributed by atoms with Gasteiger partial charge in [0.25, 0.3) is 0 Å². The number of furan rings is 5. The quantitative estimate of drug-likeness (QED) is 0.126. The van der Waals surface area contributed by atoms with Crippen molar-refractivity contribution in [3.63, 3.8) is 0 Å². The highest BCUT2D eigenvalue weighted by molar-refractivity contribution is 6.19. The van der Waals surface area contributed by atoms with Gasteiger partial charge in [0.05, 0.1) is 60.7 Å². The van der Waals surface area contributed by atoms with Gasteiger partial charge in [0.1, 0.15) is 91.1 Å². The molecular formula is C105H85N10O5+5. The summed E-state index contributed by atoms with van der Waals surface area (Å²) in [5, 5.41) is 10.4. The maximum Gasteiger partial charge on any atom is 0.229 e. The molecule has 15 heteroatoms. The summed E-state index contributed by atoms with van der Waals surface area (Å²) in [6, 6.07) is 70.1. The maximum atomic E-state index is 7.48. The van der Waals surface area contributed by atoms with Crippen molar-refractivity contribution < 1.29 is 44.9 Å². The Balaban J connectivity index is 0.000000112. The number of fused-ring (bicyclic) bond motifs is 15. The second-order valence-electron chi connectivity index (χ2n) is 30.8. The Kier molecular flexibility index (Phi) is 20.8. The Morgan fingerprint density at radius 1 is 0.225 bits per heavy atom. The Morgan fingerprint density at radius 3 is 1.04 bits per heavy atom. The molecule has 10 heterocycles. The molecule has 20 aromatic rings. The van der Waals surface area contributed by atoms with Crippen LogP contribution in [0.25, 0.3) is 190 Å². The first kappa shape index (κ1) is 78.3. The fourth-order valence-corrected chi connectivity index (χ4v) is 17.5. The van der Waals surface area contributed by atoms with Crippen LogP contribution in [-0.4, -0.2) is 0 Å². The third-order valence-electron chi connectivity index (χ3n) is 22.9. The molecule has 0 N–H and O–H groups in total. The molecule has 10 aromatic carbocycles. The second-order valence-corrected chi connectivity index (χ2v) is 30.8. The van der Waals surface area contributed by atoms with E-state index in [0.29, 0.717) is 34.0 Å². The van der Waals surface area contributed by atoms with Crippen LogP contribution >= 0.6 is 0 Å². The lowest BCUT2D eigenvalue weighted by molar-refractivity contribution is -0.660. The molecule has 0 radical (unpaired) electrons. The van der Waals surface area contributed by atoms with Gasteiger partial charge in [0, 0.05) is 115 Å². The first-order valence-corrected chi connectivity index (χ1v) is 39.5. The lowest BCUT2D eigenvalue weighted by atomic mass is 9.94. The Bertz CT molecular complexity index is 7810. The van der Waals surface area contributed by atoms with Gasteiger partial charge in [-0.2, -0.15) is 0 Å². The highest BCUT2D eigenvalue weighted by Gasteiger charge is 2.28. The van der Waals surface area contributed by atoms with E-state index < -0.39 is 0 Å². The molecule has 0 saturated carbocycles. The van der Waals surface area contributed by atoms with Crippen LogP contribution in [0.15, 0.2) is 265 Å². The fraction of sp³-hybridized carbons (Fsp3) is 0.143. The standard InChI is InChI=1S/5C21H17N2O/c1-13-12-14(2)20-19(18(13)17-10-5-6-11-23(17)4)15-8-7-9-16(22-3)21(15)24-20;1-13-12-18-20(21-15(22-3)8-7-10-17(21)24-18)14(2)19(13)16-9-5-6-11-23(16)4;1-13-11-19-21(16-12-15(22-3)8-9-18(16)24-19)14(2)20(13)17-7-5-6-10-23(17)4;1-13-11-14(2)21-20(19(13)17-7-5-6-10-23(17)4)16-12-15(22-3)8-9-18(16)24-21;1-13-11-14(2)21-20(19(13)17-7-5-6-10-23(17)4)16-9-8-15(22-3)12-18(16)24-21/h5*5-12H,1-2,4H3/q5*+1. The summed E-state index contributed by atoms with van der Waals surface area (Å²) < 4.78 is 41.1. The summed E-state index contributed by atoms with van der Waals surface area (Å²) in [4.78, 5) is 17.9. The van der Waals surface area contributed by atoms with Crippen molar-refractivity contribution >= 4 is 138 Å². The van der Waals surface area contributed by atoms with E-state index in [9.17, 15) is 0 Å². The van der Waals surface area contributed by atoms with Gasteiger partial charge in [0.15, 0.2) is 53.7 Å². The normalized spacial score (nSPS) is 11.1. The second kappa shape index (κ2) is 31.9. The van der Waals surface area contributed by atoms with E-state index in [0.717, 1.165) is 149 Å². The van der Waals surface area contributed by atoms with Crippen molar-refractivity contribution in [1.82, 2.24) is 0 Å². The number of hydrogen-bond donors (Lipinski definition) is 0. The fourth-order valence-electron chi connectivity index (χ4n) is 17.5. The Morgan fingerprint density at radius 2 is 0.583 bits per heavy atom. The monoisotopic (exact) mass is 1570 g/mol. The molecule has 20 rings (SSSR count). The van der Waals surface area contributed by atoms with Crippen LogP contribution in [0.2, 0.25) is 0 Å². The predicted molar refractivity (Wildman–Crippen MR) is 480 cm³/mol. The van der Waals surface area contributed by atoms with Crippen molar-refractivity contribution in [3.05, 3.63) is 356 Å². The van der Waals surface area contributed by atoms with Gasteiger partial charge in [-0.15, -0.1) is 0 Å². The highest BCUT2D eigenvalue weighted by Crippen LogP contribution is 2.47. The summed E-state index contributed by atoms with van der Waals surface area (Å²) in [7, 11) is 10.3. The van der Waals surface area contributed by atoms with E-state index in [1.807, 2.05) is 154 Å². The van der Waals surface area contributed by atoms with Crippen LogP contribution in [0.1, 0.15) is 55.6 Å². The van der Waals surface area contributed by atoms with Crippen LogP contribution in [-0.2, 0) is 35.2 Å². The van der Waals surface area contributed by atoms with Gasteiger partial charge in [-0.05, 0) is 204 Å². The lowest BCUT2D eigenvalue weighted by Gasteiger charge is -2.09. The van der Waals surface area contributed by atoms with E-state index in [2.05, 4.69) is 235 Å². The number of pyridine rings is 5. The van der Waals surface area contributed by atoms with Crippen molar-refractivity contribution in [2.45, 2.75) is 69.2 Å². The minimum Gasteiger partial charge on any atom is -0.467 e. The minimum atomic E-state index is 0.559. The van der Waals surface area contributed by atoms with Crippen LogP contribution in [0.5, 0.6) is 0 Å². The van der Waals surface area contributed by atoms with E-state index >= 15 is 0 Å². The minimum absolute atomic E-state index is 0.559. The molecule has 0 bridgehead atoms. The van der Waals surface area contributed by atoms with E-state index in [4.69, 9.17) is 54.9 Å². The average molecular weight is 1570 g/mol. The third kappa shape index (κ3) is 13.8. The summed E-state index contributed by atoms with van der Waals surface area (Å²) in [6.45, 7) is 57.8. The first-order valence-electron chi connectivity index (χ1n) is 39.5. The zero-order valence-electron chi connectivity index (χ0n) is 69.6. The summed E-state index contributed by atoms with van der Waals surface area (Å²) in [5.41, 5.74) is 34.7. The molecule has 0 saturated heterocycles. The molecule has 120 heavy (non-hydrogen) atoms. The molecule has 0 amide bonds. The van der Waals surface area contributed by atoms with Crippen molar-refractivity contribution in [2.75, 3.05) is 0 Å². The van der Waals surface area contributed by atoms with Gasteiger partial charge in [-0.3, -0.25) is 0 Å². The highest BCUT2D eigenvalue weighted by atomic mass is 16.3. The number of hydrogen-bond acceptors (Lipinski definition) is 5. The van der Waals surface area contributed by atoms with Crippen LogP contribution in [0.4, 0.5) is 28.4 Å². The van der Waals surface area contributed by atoms with Crippen molar-refractivity contribution in [3.8, 4) is 56.3 Å². The molecule has 580 valence electrons. The number of benzene rings is 10. The van der Waals surface area contributed by atoms with E-state index in [1.165, 1.54) is 66.9 Å². The Hall–Kier alpha value is -15.6. The smallest absolute Gasteiger partial charge is 0.229 e. The summed E-state index contributed by atoms with van der Waals surface area (Å²) >= 11 is 0. The van der Waals surface area contributed by atoms with Gasteiger partial charge < -0.3 is 22.1 Å². The van der Waals surface area contributed by atoms with Crippen LogP contribution in [0.3, 0.4) is 0 Å². The molecule has 0 fully saturated rings. The largest absolute Gasteiger partial charge is 0.467 e. The molecule has 10 aromatic heterocycles. The van der Waals surface area contributed by atoms with E-state index in [1.54, 1.807) is 6.07 Å². The number of para-hydroxylation sites is 1. The zero-order valence-corrected chi connectivity index (χ0v) is 69.6. The maximum absolute atomic E-state index is 7.48. The zero-order chi connectivity index (χ0) is 84.2.